The number of carbonyl (C=O) groups is 1. The van der Waals surface area contributed by atoms with Gasteiger partial charge in [0.1, 0.15) is 5.75 Å². The number of para-hydroxylation sites is 2. The van der Waals surface area contributed by atoms with E-state index in [1.807, 2.05) is 50.2 Å². The monoisotopic (exact) mass is 385 g/mol. The molecule has 0 fully saturated rings. The summed E-state index contributed by atoms with van der Waals surface area (Å²) in [5, 5.41) is 3.53. The molecular weight excluding hydrogens is 358 g/mol. The summed E-state index contributed by atoms with van der Waals surface area (Å²) in [5.41, 5.74) is 9.71. The molecule has 6 heteroatoms. The minimum Gasteiger partial charge on any atom is -0.494 e. The number of thiocarbonyl (C=S) groups is 1. The van der Waals surface area contributed by atoms with Crippen LogP contribution in [0.3, 0.4) is 0 Å². The third kappa shape index (κ3) is 6.25. The summed E-state index contributed by atoms with van der Waals surface area (Å²) < 4.78 is 5.59. The first-order chi connectivity index (χ1) is 13.0. The van der Waals surface area contributed by atoms with Crippen molar-refractivity contribution in [2.45, 2.75) is 40.0 Å². The first-order valence-electron chi connectivity index (χ1n) is 9.20. The van der Waals surface area contributed by atoms with Gasteiger partial charge in [-0.05, 0) is 61.7 Å². The first kappa shape index (κ1) is 20.7. The Morgan fingerprint density at radius 3 is 2.52 bits per heavy atom. The third-order valence-electron chi connectivity index (χ3n) is 4.19. The minimum atomic E-state index is -0.133. The summed E-state index contributed by atoms with van der Waals surface area (Å²) in [6.45, 7) is 6.67. The van der Waals surface area contributed by atoms with E-state index < -0.39 is 0 Å². The maximum absolute atomic E-state index is 12.1. The van der Waals surface area contributed by atoms with Crippen LogP contribution >= 0.6 is 12.2 Å². The van der Waals surface area contributed by atoms with Crippen LogP contribution in [-0.2, 0) is 17.6 Å². The van der Waals surface area contributed by atoms with E-state index in [9.17, 15) is 4.79 Å². The van der Waals surface area contributed by atoms with E-state index in [-0.39, 0.29) is 5.91 Å². The van der Waals surface area contributed by atoms with Crippen LogP contribution in [0.2, 0.25) is 0 Å². The molecule has 0 aliphatic carbocycles. The molecule has 0 heterocycles. The number of benzene rings is 2. The van der Waals surface area contributed by atoms with E-state index in [1.54, 1.807) is 0 Å². The molecule has 0 atom stereocenters. The molecule has 2 aromatic carbocycles. The van der Waals surface area contributed by atoms with Crippen molar-refractivity contribution in [3.63, 3.8) is 0 Å². The Bertz CT molecular complexity index is 793. The maximum Gasteiger partial charge on any atom is 0.238 e. The lowest BCUT2D eigenvalue weighted by molar-refractivity contribution is -0.121. The van der Waals surface area contributed by atoms with Gasteiger partial charge >= 0.3 is 0 Å². The van der Waals surface area contributed by atoms with Gasteiger partial charge in [-0.25, -0.2) is 0 Å². The van der Waals surface area contributed by atoms with Gasteiger partial charge in [0, 0.05) is 12.1 Å². The molecule has 0 saturated carbocycles. The molecule has 2 aromatic rings. The van der Waals surface area contributed by atoms with Crippen molar-refractivity contribution in [3.8, 4) is 5.75 Å². The Kier molecular flexibility index (Phi) is 8.07. The van der Waals surface area contributed by atoms with Crippen LogP contribution in [0, 0.1) is 6.92 Å². The molecule has 0 radical (unpaired) electrons. The standard InChI is InChI=1S/C21H27N3O2S/c1-4-16-11-8-9-15(3)20(16)22-21(27)24-23-19(25)14-13-17-10-6-7-12-18(17)26-5-2/h6-12H,4-5,13-14H2,1-3H3,(H,23,25)(H2,22,24,27). The van der Waals surface area contributed by atoms with Gasteiger partial charge in [0.2, 0.25) is 5.91 Å². The topological polar surface area (TPSA) is 62.4 Å². The number of ether oxygens (including phenoxy) is 1. The summed E-state index contributed by atoms with van der Waals surface area (Å²) in [5.74, 6) is 0.690. The number of aryl methyl sites for hydroxylation is 3. The third-order valence-corrected chi connectivity index (χ3v) is 4.39. The average molecular weight is 386 g/mol. The SMILES string of the molecule is CCOc1ccccc1CCC(=O)NNC(=S)Nc1c(C)cccc1CC. The minimum absolute atomic E-state index is 0.133. The molecule has 2 rings (SSSR count). The van der Waals surface area contributed by atoms with Crippen LogP contribution in [0.25, 0.3) is 0 Å². The van der Waals surface area contributed by atoms with Crippen molar-refractivity contribution in [3.05, 3.63) is 59.2 Å². The molecule has 0 aliphatic heterocycles. The highest BCUT2D eigenvalue weighted by atomic mass is 32.1. The number of hydrogen-bond donors (Lipinski definition) is 3. The van der Waals surface area contributed by atoms with Gasteiger partial charge in [-0.3, -0.25) is 15.6 Å². The molecule has 5 nitrogen and oxygen atoms in total. The van der Waals surface area contributed by atoms with E-state index in [0.717, 1.165) is 29.0 Å². The molecule has 0 unspecified atom stereocenters. The van der Waals surface area contributed by atoms with Gasteiger partial charge in [-0.15, -0.1) is 0 Å². The van der Waals surface area contributed by atoms with E-state index in [4.69, 9.17) is 17.0 Å². The van der Waals surface area contributed by atoms with E-state index in [0.29, 0.717) is 24.6 Å². The fourth-order valence-electron chi connectivity index (χ4n) is 2.79. The number of anilines is 1. The predicted molar refractivity (Wildman–Crippen MR) is 114 cm³/mol. The zero-order valence-corrected chi connectivity index (χ0v) is 16.9. The number of rotatable bonds is 7. The van der Waals surface area contributed by atoms with E-state index in [2.05, 4.69) is 29.2 Å². The number of amides is 1. The lowest BCUT2D eigenvalue weighted by atomic mass is 10.1. The number of nitrogens with one attached hydrogen (secondary N) is 3. The molecule has 1 amide bonds. The Hall–Kier alpha value is -2.60. The average Bonchev–Trinajstić information content (AvgIpc) is 2.67. The van der Waals surface area contributed by atoms with Crippen LogP contribution < -0.4 is 20.9 Å². The second kappa shape index (κ2) is 10.5. The quantitative estimate of drug-likeness (QED) is 0.498. The molecule has 0 saturated heterocycles. The molecule has 0 aliphatic rings. The Morgan fingerprint density at radius 1 is 1.04 bits per heavy atom. The molecule has 0 spiro atoms. The molecule has 3 N–H and O–H groups in total. The Balaban J connectivity index is 1.83. The molecular formula is C21H27N3O2S. The summed E-state index contributed by atoms with van der Waals surface area (Å²) in [6, 6.07) is 13.9. The van der Waals surface area contributed by atoms with Gasteiger partial charge in [0.25, 0.3) is 0 Å². The second-order valence-electron chi connectivity index (χ2n) is 6.13. The zero-order valence-electron chi connectivity index (χ0n) is 16.1. The van der Waals surface area contributed by atoms with Crippen molar-refractivity contribution in [1.29, 1.82) is 0 Å². The van der Waals surface area contributed by atoms with E-state index in [1.165, 1.54) is 5.56 Å². The molecule has 0 aromatic heterocycles. The van der Waals surface area contributed by atoms with Crippen LogP contribution in [0.1, 0.15) is 37.0 Å². The van der Waals surface area contributed by atoms with E-state index >= 15 is 0 Å². The number of carbonyl (C=O) groups excluding carboxylic acids is 1. The van der Waals surface area contributed by atoms with Crippen molar-refractivity contribution < 1.29 is 9.53 Å². The zero-order chi connectivity index (χ0) is 19.6. The fraction of sp³-hybridized carbons (Fsp3) is 0.333. The number of hydrazine groups is 1. The summed E-state index contributed by atoms with van der Waals surface area (Å²) in [6.07, 6.45) is 1.84. The van der Waals surface area contributed by atoms with Crippen LogP contribution in [0.15, 0.2) is 42.5 Å². The summed E-state index contributed by atoms with van der Waals surface area (Å²) in [4.78, 5) is 12.1. The maximum atomic E-state index is 12.1. The molecule has 144 valence electrons. The van der Waals surface area contributed by atoms with Gasteiger partial charge in [-0.2, -0.15) is 0 Å². The molecule has 0 bridgehead atoms. The van der Waals surface area contributed by atoms with Crippen LogP contribution in [0.4, 0.5) is 5.69 Å². The second-order valence-corrected chi connectivity index (χ2v) is 6.54. The summed E-state index contributed by atoms with van der Waals surface area (Å²) >= 11 is 5.30. The summed E-state index contributed by atoms with van der Waals surface area (Å²) in [7, 11) is 0. The normalized spacial score (nSPS) is 10.2. The number of hydrogen-bond acceptors (Lipinski definition) is 3. The Labute approximate surface area is 166 Å². The van der Waals surface area contributed by atoms with Gasteiger partial charge in [-0.1, -0.05) is 43.3 Å². The fourth-order valence-corrected chi connectivity index (χ4v) is 2.94. The van der Waals surface area contributed by atoms with Crippen LogP contribution in [0.5, 0.6) is 5.75 Å². The van der Waals surface area contributed by atoms with Gasteiger partial charge in [0.15, 0.2) is 5.11 Å². The molecule has 27 heavy (non-hydrogen) atoms. The van der Waals surface area contributed by atoms with Crippen molar-refractivity contribution >= 4 is 28.9 Å². The van der Waals surface area contributed by atoms with Crippen molar-refractivity contribution in [2.24, 2.45) is 0 Å². The lowest BCUT2D eigenvalue weighted by Gasteiger charge is -2.16. The van der Waals surface area contributed by atoms with Crippen molar-refractivity contribution in [1.82, 2.24) is 10.9 Å². The smallest absolute Gasteiger partial charge is 0.238 e. The van der Waals surface area contributed by atoms with Crippen LogP contribution in [-0.4, -0.2) is 17.6 Å². The predicted octanol–water partition coefficient (Wildman–Crippen LogP) is 3.91. The largest absolute Gasteiger partial charge is 0.494 e. The first-order valence-corrected chi connectivity index (χ1v) is 9.61. The highest BCUT2D eigenvalue weighted by Crippen LogP contribution is 2.21. The highest BCUT2D eigenvalue weighted by molar-refractivity contribution is 7.80. The van der Waals surface area contributed by atoms with Crippen molar-refractivity contribution in [2.75, 3.05) is 11.9 Å². The van der Waals surface area contributed by atoms with Gasteiger partial charge < -0.3 is 10.1 Å². The Morgan fingerprint density at radius 2 is 1.78 bits per heavy atom. The van der Waals surface area contributed by atoms with Gasteiger partial charge in [0.05, 0.1) is 6.61 Å². The lowest BCUT2D eigenvalue weighted by Crippen LogP contribution is -2.44. The highest BCUT2D eigenvalue weighted by Gasteiger charge is 2.09.